The number of phenols is 1. The Labute approximate surface area is 110 Å². The number of allylic oxidation sites excluding steroid dienone is 1. The summed E-state index contributed by atoms with van der Waals surface area (Å²) in [7, 11) is 0. The molecule has 0 fully saturated rings. The zero-order chi connectivity index (χ0) is 13.8. The van der Waals surface area contributed by atoms with Crippen LogP contribution in [-0.2, 0) is 0 Å². The number of hydrogen-bond donors (Lipinski definition) is 1. The van der Waals surface area contributed by atoms with Crippen LogP contribution in [0.5, 0.6) is 5.75 Å². The first-order chi connectivity index (χ1) is 9.06. The lowest BCUT2D eigenvalue weighted by Crippen LogP contribution is -1.94. The van der Waals surface area contributed by atoms with Crippen molar-refractivity contribution in [1.82, 2.24) is 0 Å². The van der Waals surface area contributed by atoms with Crippen LogP contribution in [0.3, 0.4) is 0 Å². The van der Waals surface area contributed by atoms with Crippen molar-refractivity contribution in [3.63, 3.8) is 0 Å². The molecule has 0 unspecified atom stereocenters. The van der Waals surface area contributed by atoms with E-state index in [1.54, 1.807) is 37.3 Å². The van der Waals surface area contributed by atoms with Gasteiger partial charge in [0.05, 0.1) is 0 Å². The molecular weight excluding hydrogens is 243 g/mol. The van der Waals surface area contributed by atoms with E-state index in [2.05, 4.69) is 0 Å². The molecule has 0 bridgehead atoms. The summed E-state index contributed by atoms with van der Waals surface area (Å²) in [5.74, 6) is -0.302. The SMILES string of the molecule is Cc1cc(C(=O)/C=C/c2ccc(F)cc2)ccc1O. The van der Waals surface area contributed by atoms with Gasteiger partial charge in [-0.05, 0) is 54.5 Å². The summed E-state index contributed by atoms with van der Waals surface area (Å²) in [6, 6.07) is 10.6. The average molecular weight is 256 g/mol. The molecule has 0 spiro atoms. The molecule has 0 aliphatic rings. The van der Waals surface area contributed by atoms with E-state index in [4.69, 9.17) is 0 Å². The summed E-state index contributed by atoms with van der Waals surface area (Å²) in [6.45, 7) is 1.73. The second-order valence-electron chi connectivity index (χ2n) is 4.25. The van der Waals surface area contributed by atoms with Crippen LogP contribution in [0.25, 0.3) is 6.08 Å². The number of carbonyl (C=O) groups excluding carboxylic acids is 1. The fourth-order valence-electron chi connectivity index (χ4n) is 1.65. The maximum atomic E-state index is 12.7. The maximum absolute atomic E-state index is 12.7. The topological polar surface area (TPSA) is 37.3 Å². The Bertz CT molecular complexity index is 628. The summed E-state index contributed by atoms with van der Waals surface area (Å²) < 4.78 is 12.7. The van der Waals surface area contributed by atoms with Crippen molar-refractivity contribution in [1.29, 1.82) is 0 Å². The van der Waals surface area contributed by atoms with Crippen molar-refractivity contribution < 1.29 is 14.3 Å². The first-order valence-electron chi connectivity index (χ1n) is 5.84. The quantitative estimate of drug-likeness (QED) is 0.671. The minimum absolute atomic E-state index is 0.160. The van der Waals surface area contributed by atoms with E-state index in [9.17, 15) is 14.3 Å². The molecule has 0 saturated carbocycles. The van der Waals surface area contributed by atoms with Crippen LogP contribution in [0.2, 0.25) is 0 Å². The van der Waals surface area contributed by atoms with Crippen LogP contribution >= 0.6 is 0 Å². The molecule has 19 heavy (non-hydrogen) atoms. The molecule has 96 valence electrons. The van der Waals surface area contributed by atoms with Crippen LogP contribution in [0.15, 0.2) is 48.5 Å². The molecule has 2 aromatic carbocycles. The van der Waals surface area contributed by atoms with Gasteiger partial charge >= 0.3 is 0 Å². The zero-order valence-corrected chi connectivity index (χ0v) is 10.4. The van der Waals surface area contributed by atoms with Crippen molar-refractivity contribution in [3.8, 4) is 5.75 Å². The molecule has 0 aliphatic heterocycles. The van der Waals surface area contributed by atoms with Gasteiger partial charge in [0.15, 0.2) is 5.78 Å². The molecular formula is C16H13FO2. The molecule has 2 aromatic rings. The molecule has 0 atom stereocenters. The Kier molecular flexibility index (Phi) is 3.76. The van der Waals surface area contributed by atoms with E-state index in [1.165, 1.54) is 24.3 Å². The summed E-state index contributed by atoms with van der Waals surface area (Å²) in [6.07, 6.45) is 3.06. The van der Waals surface area contributed by atoms with E-state index < -0.39 is 0 Å². The van der Waals surface area contributed by atoms with Gasteiger partial charge in [-0.1, -0.05) is 18.2 Å². The van der Waals surface area contributed by atoms with Crippen molar-refractivity contribution >= 4 is 11.9 Å². The number of hydrogen-bond acceptors (Lipinski definition) is 2. The predicted octanol–water partition coefficient (Wildman–Crippen LogP) is 3.74. The average Bonchev–Trinajstić information content (AvgIpc) is 2.41. The monoisotopic (exact) mass is 256 g/mol. The Balaban J connectivity index is 2.16. The first kappa shape index (κ1) is 13.0. The highest BCUT2D eigenvalue weighted by atomic mass is 19.1. The van der Waals surface area contributed by atoms with Crippen LogP contribution < -0.4 is 0 Å². The minimum atomic E-state index is -0.308. The molecule has 0 saturated heterocycles. The number of aromatic hydroxyl groups is 1. The number of carbonyl (C=O) groups is 1. The Morgan fingerprint density at radius 1 is 1.16 bits per heavy atom. The third-order valence-electron chi connectivity index (χ3n) is 2.78. The van der Waals surface area contributed by atoms with Crippen LogP contribution in [0, 0.1) is 12.7 Å². The lowest BCUT2D eigenvalue weighted by Gasteiger charge is -2.00. The molecule has 0 heterocycles. The number of phenolic OH excluding ortho intramolecular Hbond substituents is 1. The molecule has 0 radical (unpaired) electrons. The summed E-state index contributed by atoms with van der Waals surface area (Å²) in [4.78, 5) is 11.9. The zero-order valence-electron chi connectivity index (χ0n) is 10.4. The Hall–Kier alpha value is -2.42. The Morgan fingerprint density at radius 3 is 2.47 bits per heavy atom. The fourth-order valence-corrected chi connectivity index (χ4v) is 1.65. The van der Waals surface area contributed by atoms with Gasteiger partial charge in [0, 0.05) is 5.56 Å². The van der Waals surface area contributed by atoms with Gasteiger partial charge in [0.1, 0.15) is 11.6 Å². The fraction of sp³-hybridized carbons (Fsp3) is 0.0625. The summed E-state index contributed by atoms with van der Waals surface area (Å²) in [5.41, 5.74) is 1.92. The van der Waals surface area contributed by atoms with Crippen molar-refractivity contribution in [2.45, 2.75) is 6.92 Å². The molecule has 0 aliphatic carbocycles. The highest BCUT2D eigenvalue weighted by Crippen LogP contribution is 2.17. The molecule has 1 N–H and O–H groups in total. The van der Waals surface area contributed by atoms with Gasteiger partial charge < -0.3 is 5.11 Å². The van der Waals surface area contributed by atoms with Crippen LogP contribution in [-0.4, -0.2) is 10.9 Å². The van der Waals surface area contributed by atoms with Gasteiger partial charge in [-0.15, -0.1) is 0 Å². The molecule has 3 heteroatoms. The minimum Gasteiger partial charge on any atom is -0.508 e. The van der Waals surface area contributed by atoms with E-state index >= 15 is 0 Å². The first-order valence-corrected chi connectivity index (χ1v) is 5.84. The second-order valence-corrected chi connectivity index (χ2v) is 4.25. The van der Waals surface area contributed by atoms with Gasteiger partial charge in [-0.3, -0.25) is 4.79 Å². The predicted molar refractivity (Wildman–Crippen MR) is 72.6 cm³/mol. The van der Waals surface area contributed by atoms with Gasteiger partial charge in [-0.2, -0.15) is 0 Å². The molecule has 2 nitrogen and oxygen atoms in total. The number of rotatable bonds is 3. The number of ketones is 1. The van der Waals surface area contributed by atoms with E-state index in [1.807, 2.05) is 0 Å². The Morgan fingerprint density at radius 2 is 1.84 bits per heavy atom. The third kappa shape index (κ3) is 3.28. The number of benzene rings is 2. The summed E-state index contributed by atoms with van der Waals surface area (Å²) in [5, 5.41) is 9.39. The normalized spacial score (nSPS) is 10.8. The maximum Gasteiger partial charge on any atom is 0.185 e. The smallest absolute Gasteiger partial charge is 0.185 e. The van der Waals surface area contributed by atoms with Crippen LogP contribution in [0.1, 0.15) is 21.5 Å². The number of aryl methyl sites for hydroxylation is 1. The van der Waals surface area contributed by atoms with Crippen molar-refractivity contribution in [3.05, 3.63) is 71.0 Å². The van der Waals surface area contributed by atoms with Crippen molar-refractivity contribution in [2.75, 3.05) is 0 Å². The van der Waals surface area contributed by atoms with Crippen LogP contribution in [0.4, 0.5) is 4.39 Å². The summed E-state index contributed by atoms with van der Waals surface area (Å²) >= 11 is 0. The third-order valence-corrected chi connectivity index (χ3v) is 2.78. The number of halogens is 1. The molecule has 0 amide bonds. The second kappa shape index (κ2) is 5.48. The lowest BCUT2D eigenvalue weighted by molar-refractivity contribution is 0.104. The molecule has 0 aromatic heterocycles. The standard InChI is InChI=1S/C16H13FO2/c1-11-10-13(5-9-15(11)18)16(19)8-4-12-2-6-14(17)7-3-12/h2-10,18H,1H3/b8-4+. The van der Waals surface area contributed by atoms with E-state index in [0.29, 0.717) is 11.1 Å². The van der Waals surface area contributed by atoms with Gasteiger partial charge in [0.25, 0.3) is 0 Å². The highest BCUT2D eigenvalue weighted by Gasteiger charge is 2.04. The van der Waals surface area contributed by atoms with Gasteiger partial charge in [-0.25, -0.2) is 4.39 Å². The van der Waals surface area contributed by atoms with E-state index in [0.717, 1.165) is 5.56 Å². The highest BCUT2D eigenvalue weighted by molar-refractivity contribution is 6.07. The largest absolute Gasteiger partial charge is 0.508 e. The van der Waals surface area contributed by atoms with E-state index in [-0.39, 0.29) is 17.3 Å². The van der Waals surface area contributed by atoms with Crippen molar-refractivity contribution in [2.24, 2.45) is 0 Å². The lowest BCUT2D eigenvalue weighted by atomic mass is 10.1. The van der Waals surface area contributed by atoms with Gasteiger partial charge in [0.2, 0.25) is 0 Å². The molecule has 2 rings (SSSR count).